The van der Waals surface area contributed by atoms with E-state index >= 15 is 0 Å². The molecule has 0 spiro atoms. The van der Waals surface area contributed by atoms with Gasteiger partial charge in [0, 0.05) is 5.56 Å². The fourth-order valence-corrected chi connectivity index (χ4v) is 5.31. The highest BCUT2D eigenvalue weighted by molar-refractivity contribution is 5.93. The number of carbonyl (C=O) groups is 2. The van der Waals surface area contributed by atoms with Gasteiger partial charge in [0.1, 0.15) is 17.5 Å². The summed E-state index contributed by atoms with van der Waals surface area (Å²) < 4.78 is 12.3. The highest BCUT2D eigenvalue weighted by Crippen LogP contribution is 2.38. The first-order valence-electron chi connectivity index (χ1n) is 13.8. The van der Waals surface area contributed by atoms with Crippen LogP contribution in [0.3, 0.4) is 0 Å². The Balaban J connectivity index is 1.57. The highest BCUT2D eigenvalue weighted by atomic mass is 16.6. The maximum absolute atomic E-state index is 13.7. The Morgan fingerprint density at radius 1 is 0.976 bits per heavy atom. The first-order chi connectivity index (χ1) is 19.5. The quantitative estimate of drug-likeness (QED) is 0.263. The summed E-state index contributed by atoms with van der Waals surface area (Å²) in [6, 6.07) is 27.1. The predicted molar refractivity (Wildman–Crippen MR) is 161 cm³/mol. The van der Waals surface area contributed by atoms with Gasteiger partial charge in [-0.2, -0.15) is 0 Å². The topological polar surface area (TPSA) is 76.1 Å². The summed E-state index contributed by atoms with van der Waals surface area (Å²) in [6.45, 7) is 9.59. The summed E-state index contributed by atoms with van der Waals surface area (Å²) in [5, 5.41) is 11.9. The summed E-state index contributed by atoms with van der Waals surface area (Å²) in [6.07, 6.45) is 1.05. The van der Waals surface area contributed by atoms with Crippen molar-refractivity contribution in [3.8, 4) is 5.75 Å². The second-order valence-corrected chi connectivity index (χ2v) is 11.4. The van der Waals surface area contributed by atoms with Crippen molar-refractivity contribution < 1.29 is 24.2 Å². The van der Waals surface area contributed by atoms with E-state index in [-0.39, 0.29) is 18.2 Å². The second kappa shape index (κ2) is 11.1. The van der Waals surface area contributed by atoms with Gasteiger partial charge in [-0.15, -0.1) is 0 Å². The average Bonchev–Trinajstić information content (AvgIpc) is 2.94. The van der Waals surface area contributed by atoms with Crippen LogP contribution in [-0.4, -0.2) is 40.3 Å². The molecule has 0 saturated heterocycles. The normalized spacial score (nSPS) is 15.3. The molecule has 0 aromatic heterocycles. The molecule has 1 N–H and O–H groups in total. The first kappa shape index (κ1) is 28.0. The number of carbonyl (C=O) groups excluding carboxylic acids is 1. The number of rotatable bonds is 6. The number of carboxylic acids is 1. The SMILES string of the molecule is Cc1ccc(C2=C[C@H](CN(C(=O)OC(C)(C)C)[C@H](C)c3cccc4ccccc34)Oc3ccccc32)cc1C(=O)O. The van der Waals surface area contributed by atoms with Gasteiger partial charge >= 0.3 is 12.1 Å². The number of para-hydroxylation sites is 1. The smallest absolute Gasteiger partial charge is 0.410 e. The van der Waals surface area contributed by atoms with Gasteiger partial charge in [0.05, 0.1) is 18.2 Å². The van der Waals surface area contributed by atoms with Crippen LogP contribution >= 0.6 is 0 Å². The van der Waals surface area contributed by atoms with Gasteiger partial charge in [0.25, 0.3) is 0 Å². The van der Waals surface area contributed by atoms with E-state index in [0.29, 0.717) is 11.3 Å². The van der Waals surface area contributed by atoms with Gasteiger partial charge in [-0.25, -0.2) is 9.59 Å². The third-order valence-corrected chi connectivity index (χ3v) is 7.33. The fraction of sp³-hybridized carbons (Fsp3) is 0.257. The zero-order valence-electron chi connectivity index (χ0n) is 24.0. The van der Waals surface area contributed by atoms with Crippen molar-refractivity contribution in [1.29, 1.82) is 0 Å². The van der Waals surface area contributed by atoms with Crippen molar-refractivity contribution in [3.63, 3.8) is 0 Å². The molecule has 6 heteroatoms. The number of hydrogen-bond acceptors (Lipinski definition) is 4. The lowest BCUT2D eigenvalue weighted by molar-refractivity contribution is 0.0110. The van der Waals surface area contributed by atoms with Crippen molar-refractivity contribution in [2.24, 2.45) is 0 Å². The lowest BCUT2D eigenvalue weighted by Crippen LogP contribution is -2.44. The monoisotopic (exact) mass is 549 g/mol. The van der Waals surface area contributed by atoms with Gasteiger partial charge in [-0.05, 0) is 85.9 Å². The Hall–Kier alpha value is -4.58. The molecule has 41 heavy (non-hydrogen) atoms. The van der Waals surface area contributed by atoms with Gasteiger partial charge < -0.3 is 14.6 Å². The number of amides is 1. The van der Waals surface area contributed by atoms with Crippen molar-refractivity contribution in [2.75, 3.05) is 6.54 Å². The fourth-order valence-electron chi connectivity index (χ4n) is 5.31. The standard InChI is InChI=1S/C35H35NO5/c1-22-17-18-25(19-30(22)33(37)38)31-20-26(40-32-16-9-8-14-29(31)32)21-36(34(39)41-35(3,4)5)23(2)27-15-10-12-24-11-6-7-13-28(24)27/h6-20,23,26H,21H2,1-5H3,(H,37,38)/t23-,26-/m1/s1. The number of carboxylic acid groups (broad SMARTS) is 1. The maximum Gasteiger partial charge on any atom is 0.410 e. The molecule has 2 atom stereocenters. The van der Waals surface area contributed by atoms with Crippen LogP contribution in [0.15, 0.2) is 91.0 Å². The Labute approximate surface area is 240 Å². The number of nitrogens with zero attached hydrogens (tertiary/aromatic N) is 1. The zero-order chi connectivity index (χ0) is 29.3. The van der Waals surface area contributed by atoms with Crippen LogP contribution in [0.5, 0.6) is 5.75 Å². The van der Waals surface area contributed by atoms with E-state index in [4.69, 9.17) is 9.47 Å². The summed E-state index contributed by atoms with van der Waals surface area (Å²) in [5.74, 6) is -0.295. The third-order valence-electron chi connectivity index (χ3n) is 7.33. The van der Waals surface area contributed by atoms with Crippen LogP contribution in [0.25, 0.3) is 16.3 Å². The number of aromatic carboxylic acids is 1. The zero-order valence-corrected chi connectivity index (χ0v) is 24.0. The minimum Gasteiger partial charge on any atom is -0.484 e. The maximum atomic E-state index is 13.7. The van der Waals surface area contributed by atoms with Crippen molar-refractivity contribution in [3.05, 3.63) is 119 Å². The molecule has 0 radical (unpaired) electrons. The molecule has 4 aromatic carbocycles. The molecule has 0 bridgehead atoms. The van der Waals surface area contributed by atoms with E-state index in [9.17, 15) is 14.7 Å². The second-order valence-electron chi connectivity index (χ2n) is 11.4. The molecule has 0 aliphatic carbocycles. The van der Waals surface area contributed by atoms with Crippen LogP contribution in [0.4, 0.5) is 4.79 Å². The van der Waals surface area contributed by atoms with Gasteiger partial charge in [0.2, 0.25) is 0 Å². The van der Waals surface area contributed by atoms with Crippen LogP contribution in [0, 0.1) is 6.92 Å². The molecule has 0 unspecified atom stereocenters. The molecule has 210 valence electrons. The molecule has 1 aliphatic rings. The average molecular weight is 550 g/mol. The molecule has 5 rings (SSSR count). The predicted octanol–water partition coefficient (Wildman–Crippen LogP) is 8.04. The summed E-state index contributed by atoms with van der Waals surface area (Å²) in [5.41, 5.74) is 3.79. The van der Waals surface area contributed by atoms with E-state index in [1.807, 2.05) is 94.4 Å². The van der Waals surface area contributed by atoms with Crippen LogP contribution in [-0.2, 0) is 4.74 Å². The molecular formula is C35H35NO5. The van der Waals surface area contributed by atoms with Gasteiger partial charge in [-0.3, -0.25) is 4.90 Å². The molecular weight excluding hydrogens is 514 g/mol. The summed E-state index contributed by atoms with van der Waals surface area (Å²) in [7, 11) is 0. The number of aryl methyl sites for hydroxylation is 1. The number of hydrogen-bond donors (Lipinski definition) is 1. The minimum atomic E-state index is -0.971. The van der Waals surface area contributed by atoms with E-state index < -0.39 is 23.8 Å². The van der Waals surface area contributed by atoms with Crippen molar-refractivity contribution in [1.82, 2.24) is 4.90 Å². The lowest BCUT2D eigenvalue weighted by Gasteiger charge is -2.35. The van der Waals surface area contributed by atoms with Crippen LogP contribution in [0.1, 0.15) is 66.3 Å². The van der Waals surface area contributed by atoms with E-state index in [0.717, 1.165) is 33.0 Å². The van der Waals surface area contributed by atoms with Gasteiger partial charge in [-0.1, -0.05) is 72.8 Å². The first-order valence-corrected chi connectivity index (χ1v) is 13.8. The molecule has 1 aliphatic heterocycles. The van der Waals surface area contributed by atoms with Crippen molar-refractivity contribution >= 4 is 28.4 Å². The number of ether oxygens (including phenoxy) is 2. The van der Waals surface area contributed by atoms with Crippen molar-refractivity contribution in [2.45, 2.75) is 52.4 Å². The minimum absolute atomic E-state index is 0.231. The molecule has 1 heterocycles. The third kappa shape index (κ3) is 5.97. The van der Waals surface area contributed by atoms with E-state index in [1.54, 1.807) is 17.9 Å². The molecule has 4 aromatic rings. The molecule has 1 amide bonds. The molecule has 6 nitrogen and oxygen atoms in total. The Morgan fingerprint density at radius 2 is 1.68 bits per heavy atom. The summed E-state index contributed by atoms with van der Waals surface area (Å²) >= 11 is 0. The summed E-state index contributed by atoms with van der Waals surface area (Å²) in [4.78, 5) is 27.3. The lowest BCUT2D eigenvalue weighted by atomic mass is 9.91. The van der Waals surface area contributed by atoms with Gasteiger partial charge in [0.15, 0.2) is 0 Å². The number of fused-ring (bicyclic) bond motifs is 2. The van der Waals surface area contributed by atoms with E-state index in [2.05, 4.69) is 18.2 Å². The molecule has 0 fully saturated rings. The Morgan fingerprint density at radius 3 is 2.44 bits per heavy atom. The Kier molecular flexibility index (Phi) is 7.59. The van der Waals surface area contributed by atoms with Crippen LogP contribution < -0.4 is 4.74 Å². The Bertz CT molecular complexity index is 1640. The largest absolute Gasteiger partial charge is 0.484 e. The molecule has 0 saturated carbocycles. The van der Waals surface area contributed by atoms with E-state index in [1.165, 1.54) is 0 Å². The number of benzene rings is 4. The highest BCUT2D eigenvalue weighted by Gasteiger charge is 2.32. The van der Waals surface area contributed by atoms with Crippen LogP contribution in [0.2, 0.25) is 0 Å².